The summed E-state index contributed by atoms with van der Waals surface area (Å²) in [7, 11) is 0. The molecular weight excluding hydrogens is 200 g/mol. The molecule has 0 bridgehead atoms. The first-order valence-corrected chi connectivity index (χ1v) is 6.91. The summed E-state index contributed by atoms with van der Waals surface area (Å²) >= 11 is 0. The summed E-state index contributed by atoms with van der Waals surface area (Å²) in [5.74, 6) is 0.383. The lowest BCUT2D eigenvalue weighted by Gasteiger charge is -2.26. The van der Waals surface area contributed by atoms with E-state index in [9.17, 15) is 10.2 Å². The highest BCUT2D eigenvalue weighted by atomic mass is 16.3. The molecule has 0 unspecified atom stereocenters. The first-order valence-electron chi connectivity index (χ1n) is 6.91. The van der Waals surface area contributed by atoms with Gasteiger partial charge in [-0.05, 0) is 18.8 Å². The second-order valence-electron chi connectivity index (χ2n) is 5.71. The molecule has 2 heteroatoms. The topological polar surface area (TPSA) is 40.5 Å². The minimum Gasteiger partial charge on any atom is -0.392 e. The lowest BCUT2D eigenvalue weighted by Crippen LogP contribution is -2.30. The van der Waals surface area contributed by atoms with Crippen molar-refractivity contribution in [3.8, 4) is 0 Å². The quantitative estimate of drug-likeness (QED) is 0.627. The van der Waals surface area contributed by atoms with E-state index in [-0.39, 0.29) is 17.6 Å². The minimum absolute atomic E-state index is 0.176. The predicted octanol–water partition coefficient (Wildman–Crippen LogP) is 3.11. The van der Waals surface area contributed by atoms with Crippen molar-refractivity contribution in [3.63, 3.8) is 0 Å². The van der Waals surface area contributed by atoms with E-state index >= 15 is 0 Å². The molecule has 0 amide bonds. The van der Waals surface area contributed by atoms with Crippen LogP contribution in [0.1, 0.15) is 65.7 Å². The summed E-state index contributed by atoms with van der Waals surface area (Å²) in [6.07, 6.45) is 7.24. The predicted molar refractivity (Wildman–Crippen MR) is 67.3 cm³/mol. The molecule has 1 aliphatic rings. The van der Waals surface area contributed by atoms with E-state index in [0.717, 1.165) is 19.3 Å². The van der Waals surface area contributed by atoms with Crippen LogP contribution in [0.4, 0.5) is 0 Å². The molecule has 1 saturated carbocycles. The second-order valence-corrected chi connectivity index (χ2v) is 5.71. The summed E-state index contributed by atoms with van der Waals surface area (Å²) in [5.41, 5.74) is -0.176. The normalized spacial score (nSPS) is 30.8. The Balaban J connectivity index is 2.22. The zero-order valence-corrected chi connectivity index (χ0v) is 11.1. The fourth-order valence-electron chi connectivity index (χ4n) is 2.85. The van der Waals surface area contributed by atoms with Crippen LogP contribution in [-0.2, 0) is 0 Å². The molecule has 0 aromatic carbocycles. The van der Waals surface area contributed by atoms with Crippen LogP contribution in [0.2, 0.25) is 0 Å². The van der Waals surface area contributed by atoms with Crippen LogP contribution in [0.5, 0.6) is 0 Å². The number of hydrogen-bond donors (Lipinski definition) is 2. The molecular formula is C14H28O2. The number of unbranched alkanes of at least 4 members (excludes halogenated alkanes) is 4. The number of aliphatic hydroxyl groups excluding tert-OH is 2. The Bertz CT molecular complexity index is 203. The number of hydrogen-bond acceptors (Lipinski definition) is 2. The van der Waals surface area contributed by atoms with E-state index in [0.29, 0.717) is 5.92 Å². The first kappa shape index (κ1) is 14.0. The van der Waals surface area contributed by atoms with E-state index < -0.39 is 0 Å². The van der Waals surface area contributed by atoms with Crippen molar-refractivity contribution in [1.29, 1.82) is 0 Å². The van der Waals surface area contributed by atoms with Crippen molar-refractivity contribution in [3.05, 3.63) is 0 Å². The van der Waals surface area contributed by atoms with Gasteiger partial charge in [0.05, 0.1) is 12.2 Å². The molecule has 0 spiro atoms. The van der Waals surface area contributed by atoms with Gasteiger partial charge in [-0.25, -0.2) is 0 Å². The zero-order valence-electron chi connectivity index (χ0n) is 11.1. The van der Waals surface area contributed by atoms with Crippen LogP contribution in [-0.4, -0.2) is 22.4 Å². The van der Waals surface area contributed by atoms with Crippen molar-refractivity contribution >= 4 is 0 Å². The Labute approximate surface area is 100 Å². The van der Waals surface area contributed by atoms with Crippen LogP contribution in [0.3, 0.4) is 0 Å². The molecule has 0 radical (unpaired) electrons. The van der Waals surface area contributed by atoms with Gasteiger partial charge in [-0.1, -0.05) is 52.9 Å². The van der Waals surface area contributed by atoms with Gasteiger partial charge in [-0.15, -0.1) is 0 Å². The molecule has 1 aliphatic carbocycles. The first-order chi connectivity index (χ1) is 7.55. The van der Waals surface area contributed by atoms with Gasteiger partial charge in [0, 0.05) is 5.41 Å². The maximum absolute atomic E-state index is 10.2. The van der Waals surface area contributed by atoms with Crippen molar-refractivity contribution in [2.75, 3.05) is 0 Å². The third kappa shape index (κ3) is 2.98. The van der Waals surface area contributed by atoms with Gasteiger partial charge in [0.1, 0.15) is 0 Å². The number of rotatable bonds is 8. The fraction of sp³-hybridized carbons (Fsp3) is 1.00. The summed E-state index contributed by atoms with van der Waals surface area (Å²) in [6.45, 7) is 6.43. The molecule has 96 valence electrons. The molecule has 3 atom stereocenters. The lowest BCUT2D eigenvalue weighted by atomic mass is 9.83. The van der Waals surface area contributed by atoms with Crippen LogP contribution >= 0.6 is 0 Å². The molecule has 0 aromatic rings. The van der Waals surface area contributed by atoms with Gasteiger partial charge in [0.15, 0.2) is 0 Å². The molecule has 0 aromatic heterocycles. The summed E-state index contributed by atoms with van der Waals surface area (Å²) in [4.78, 5) is 0. The smallest absolute Gasteiger partial charge is 0.0631 e. The molecule has 2 nitrogen and oxygen atoms in total. The Morgan fingerprint density at radius 2 is 1.75 bits per heavy atom. The van der Waals surface area contributed by atoms with E-state index in [1.54, 1.807) is 0 Å². The van der Waals surface area contributed by atoms with Crippen molar-refractivity contribution in [2.24, 2.45) is 11.3 Å². The third-order valence-electron chi connectivity index (χ3n) is 4.28. The SMILES string of the molecule is CCCCCCC[C@@H](O)[C@]1(C(C)C)C[C@H]1O. The molecule has 0 aliphatic heterocycles. The highest BCUT2D eigenvalue weighted by Gasteiger charge is 2.59. The molecule has 2 N–H and O–H groups in total. The molecule has 0 saturated heterocycles. The lowest BCUT2D eigenvalue weighted by molar-refractivity contribution is 0.0235. The van der Waals surface area contributed by atoms with Gasteiger partial charge in [0.2, 0.25) is 0 Å². The van der Waals surface area contributed by atoms with E-state index in [1.165, 1.54) is 25.7 Å². The molecule has 16 heavy (non-hydrogen) atoms. The largest absolute Gasteiger partial charge is 0.392 e. The highest BCUT2D eigenvalue weighted by molar-refractivity contribution is 5.09. The number of aliphatic hydroxyl groups is 2. The Morgan fingerprint density at radius 1 is 1.19 bits per heavy atom. The average molecular weight is 228 g/mol. The Morgan fingerprint density at radius 3 is 2.19 bits per heavy atom. The van der Waals surface area contributed by atoms with Crippen molar-refractivity contribution in [2.45, 2.75) is 77.9 Å². The fourth-order valence-corrected chi connectivity index (χ4v) is 2.85. The maximum Gasteiger partial charge on any atom is 0.0631 e. The van der Waals surface area contributed by atoms with E-state index in [1.807, 2.05) is 0 Å². The standard InChI is InChI=1S/C14H28O2/c1-4-5-6-7-8-9-12(15)14(11(2)3)10-13(14)16/h11-13,15-16H,4-10H2,1-3H3/t12-,13-,14-/m1/s1. The Hall–Kier alpha value is -0.0800. The Kier molecular flexibility index (Phi) is 5.26. The average Bonchev–Trinajstić information content (AvgIpc) is 2.91. The summed E-state index contributed by atoms with van der Waals surface area (Å²) in [5, 5.41) is 19.9. The zero-order chi connectivity index (χ0) is 12.2. The summed E-state index contributed by atoms with van der Waals surface area (Å²) < 4.78 is 0. The highest BCUT2D eigenvalue weighted by Crippen LogP contribution is 2.55. The van der Waals surface area contributed by atoms with Crippen LogP contribution in [0.25, 0.3) is 0 Å². The molecule has 1 fully saturated rings. The molecule has 1 rings (SSSR count). The van der Waals surface area contributed by atoms with Gasteiger partial charge >= 0.3 is 0 Å². The maximum atomic E-state index is 10.2. The van der Waals surface area contributed by atoms with E-state index in [4.69, 9.17) is 0 Å². The second kappa shape index (κ2) is 6.02. The van der Waals surface area contributed by atoms with Crippen molar-refractivity contribution in [1.82, 2.24) is 0 Å². The van der Waals surface area contributed by atoms with Crippen molar-refractivity contribution < 1.29 is 10.2 Å². The minimum atomic E-state index is -0.302. The van der Waals surface area contributed by atoms with Crippen LogP contribution in [0, 0.1) is 11.3 Å². The van der Waals surface area contributed by atoms with Crippen LogP contribution in [0.15, 0.2) is 0 Å². The monoisotopic (exact) mass is 228 g/mol. The van der Waals surface area contributed by atoms with Gasteiger partial charge in [-0.2, -0.15) is 0 Å². The van der Waals surface area contributed by atoms with Gasteiger partial charge in [0.25, 0.3) is 0 Å². The third-order valence-corrected chi connectivity index (χ3v) is 4.28. The summed E-state index contributed by atoms with van der Waals surface area (Å²) in [6, 6.07) is 0. The van der Waals surface area contributed by atoms with Gasteiger partial charge in [-0.3, -0.25) is 0 Å². The van der Waals surface area contributed by atoms with Crippen LogP contribution < -0.4 is 0 Å². The van der Waals surface area contributed by atoms with E-state index in [2.05, 4.69) is 20.8 Å². The van der Waals surface area contributed by atoms with Gasteiger partial charge < -0.3 is 10.2 Å². The molecule has 0 heterocycles.